The fourth-order valence-electron chi connectivity index (χ4n) is 0.874. The van der Waals surface area contributed by atoms with Crippen LogP contribution in [-0.2, 0) is 6.18 Å². The van der Waals surface area contributed by atoms with Crippen LogP contribution < -0.4 is 5.73 Å². The third-order valence-electron chi connectivity index (χ3n) is 1.54. The van der Waals surface area contributed by atoms with Crippen molar-refractivity contribution in [2.75, 3.05) is 5.73 Å². The van der Waals surface area contributed by atoms with Crippen molar-refractivity contribution in [2.45, 2.75) is 12.6 Å². The Kier molecular flexibility index (Phi) is 3.17. The molecule has 0 bridgehead atoms. The molecule has 0 aromatic carbocycles. The molecule has 1 aromatic rings. The number of nitrogens with two attached hydrogens (primary N) is 1. The number of hydrogen-bond acceptors (Lipinski definition) is 2. The van der Waals surface area contributed by atoms with Crippen molar-refractivity contribution >= 4 is 21.7 Å². The Morgan fingerprint density at radius 1 is 1.33 bits per heavy atom. The monoisotopic (exact) mass is 290 g/mol. The van der Waals surface area contributed by atoms with E-state index in [-0.39, 0.29) is 10.5 Å². The lowest BCUT2D eigenvalue weighted by atomic mass is 10.2. The average Bonchev–Trinajstić information content (AvgIpc) is 2.06. The third-order valence-corrected chi connectivity index (χ3v) is 2.40. The lowest BCUT2D eigenvalue weighted by molar-refractivity contribution is -0.141. The van der Waals surface area contributed by atoms with E-state index in [0.29, 0.717) is 0 Å². The summed E-state index contributed by atoms with van der Waals surface area (Å²) in [4.78, 5) is 2.96. The molecule has 0 aliphatic rings. The number of pyridine rings is 1. The third kappa shape index (κ3) is 2.55. The second kappa shape index (κ2) is 3.92. The Morgan fingerprint density at radius 2 is 1.87 bits per heavy atom. The topological polar surface area (TPSA) is 38.9 Å². The van der Waals surface area contributed by atoms with Crippen LogP contribution in [0.3, 0.4) is 0 Å². The Labute approximate surface area is 89.4 Å². The van der Waals surface area contributed by atoms with Gasteiger partial charge in [-0.05, 0) is 22.0 Å². The molecule has 8 heteroatoms. The Morgan fingerprint density at radius 3 is 2.27 bits per heavy atom. The maximum absolute atomic E-state index is 12.3. The van der Waals surface area contributed by atoms with Gasteiger partial charge in [-0.3, -0.25) is 0 Å². The molecule has 0 unspecified atom stereocenters. The Hall–Kier alpha value is -0.920. The van der Waals surface area contributed by atoms with Gasteiger partial charge in [-0.15, -0.1) is 0 Å². The van der Waals surface area contributed by atoms with Crippen LogP contribution >= 0.6 is 15.9 Å². The molecule has 1 aromatic heterocycles. The highest BCUT2D eigenvalue weighted by molar-refractivity contribution is 9.10. The summed E-state index contributed by atoms with van der Waals surface area (Å²) in [6, 6.07) is 0.269. The minimum Gasteiger partial charge on any atom is -0.383 e. The molecule has 0 saturated carbocycles. The van der Waals surface area contributed by atoms with Crippen molar-refractivity contribution in [1.29, 1.82) is 0 Å². The maximum atomic E-state index is 12.3. The van der Waals surface area contributed by atoms with Crippen molar-refractivity contribution in [3.8, 4) is 0 Å². The highest BCUT2D eigenvalue weighted by atomic mass is 79.9. The smallest absolute Gasteiger partial charge is 0.383 e. The van der Waals surface area contributed by atoms with E-state index < -0.39 is 29.7 Å². The van der Waals surface area contributed by atoms with E-state index in [0.717, 1.165) is 0 Å². The van der Waals surface area contributed by atoms with Crippen LogP contribution in [0, 0.1) is 0 Å². The molecule has 15 heavy (non-hydrogen) atoms. The first-order valence-corrected chi connectivity index (χ1v) is 4.34. The molecule has 2 N–H and O–H groups in total. The lowest BCUT2D eigenvalue weighted by Crippen LogP contribution is -2.11. The fourth-order valence-corrected chi connectivity index (χ4v) is 1.25. The fraction of sp³-hybridized carbons (Fsp3) is 0.286. The first-order valence-electron chi connectivity index (χ1n) is 3.54. The van der Waals surface area contributed by atoms with Crippen LogP contribution in [0.15, 0.2) is 10.5 Å². The second-order valence-electron chi connectivity index (χ2n) is 2.59. The van der Waals surface area contributed by atoms with E-state index in [1.54, 1.807) is 0 Å². The quantitative estimate of drug-likeness (QED) is 0.805. The summed E-state index contributed by atoms with van der Waals surface area (Å²) in [5.74, 6) is -0.611. The molecular weight excluding hydrogens is 287 g/mol. The number of rotatable bonds is 1. The van der Waals surface area contributed by atoms with Crippen LogP contribution in [0.1, 0.15) is 17.7 Å². The lowest BCUT2D eigenvalue weighted by Gasteiger charge is -2.11. The predicted octanol–water partition coefficient (Wildman–Crippen LogP) is 3.38. The second-order valence-corrected chi connectivity index (χ2v) is 3.39. The van der Waals surface area contributed by atoms with Crippen molar-refractivity contribution in [3.63, 3.8) is 0 Å². The molecule has 0 amide bonds. The van der Waals surface area contributed by atoms with Crippen molar-refractivity contribution in [2.24, 2.45) is 0 Å². The zero-order chi connectivity index (χ0) is 11.8. The van der Waals surface area contributed by atoms with Gasteiger partial charge in [-0.2, -0.15) is 13.2 Å². The number of halogens is 6. The molecule has 0 radical (unpaired) electrons. The SMILES string of the molecule is Nc1nc(C(F)(F)F)cc(C(F)F)c1Br. The molecule has 0 saturated heterocycles. The van der Waals surface area contributed by atoms with Gasteiger partial charge in [-0.25, -0.2) is 13.8 Å². The summed E-state index contributed by atoms with van der Waals surface area (Å²) in [5, 5.41) is 0. The van der Waals surface area contributed by atoms with Crippen molar-refractivity contribution in [1.82, 2.24) is 4.98 Å². The van der Waals surface area contributed by atoms with Gasteiger partial charge < -0.3 is 5.73 Å². The predicted molar refractivity (Wildman–Crippen MR) is 46.3 cm³/mol. The summed E-state index contributed by atoms with van der Waals surface area (Å²) in [7, 11) is 0. The molecule has 2 nitrogen and oxygen atoms in total. The van der Waals surface area contributed by atoms with E-state index >= 15 is 0 Å². The molecule has 1 rings (SSSR count). The molecule has 0 aliphatic carbocycles. The standard InChI is InChI=1S/C7H4BrF5N2/c8-4-2(5(9)10)1-3(7(11,12)13)15-6(4)14/h1,5H,(H2,14,15). The summed E-state index contributed by atoms with van der Waals surface area (Å²) in [5.41, 5.74) is 2.81. The summed E-state index contributed by atoms with van der Waals surface area (Å²) in [6.45, 7) is 0. The molecule has 0 spiro atoms. The molecule has 84 valence electrons. The summed E-state index contributed by atoms with van der Waals surface area (Å²) < 4.78 is 60.8. The van der Waals surface area contributed by atoms with Gasteiger partial charge in [0.2, 0.25) is 0 Å². The van der Waals surface area contributed by atoms with Crippen molar-refractivity contribution in [3.05, 3.63) is 21.8 Å². The van der Waals surface area contributed by atoms with Gasteiger partial charge in [0.1, 0.15) is 11.5 Å². The number of nitrogen functional groups attached to an aromatic ring is 1. The zero-order valence-corrected chi connectivity index (χ0v) is 8.53. The minimum atomic E-state index is -4.79. The van der Waals surface area contributed by atoms with Crippen LogP contribution in [0.25, 0.3) is 0 Å². The first kappa shape index (κ1) is 12.2. The first-order chi connectivity index (χ1) is 6.73. The Balaban J connectivity index is 3.36. The van der Waals surface area contributed by atoms with E-state index in [2.05, 4.69) is 20.9 Å². The number of aromatic nitrogens is 1. The van der Waals surface area contributed by atoms with E-state index in [1.165, 1.54) is 0 Å². The van der Waals surface area contributed by atoms with Crippen LogP contribution in [0.4, 0.5) is 27.8 Å². The normalized spacial score (nSPS) is 12.2. The minimum absolute atomic E-state index is 0.269. The van der Waals surface area contributed by atoms with E-state index in [9.17, 15) is 22.0 Å². The highest BCUT2D eigenvalue weighted by Crippen LogP contribution is 2.36. The zero-order valence-electron chi connectivity index (χ0n) is 6.95. The summed E-state index contributed by atoms with van der Waals surface area (Å²) in [6.07, 6.45) is -7.84. The van der Waals surface area contributed by atoms with Gasteiger partial charge in [0.25, 0.3) is 6.43 Å². The largest absolute Gasteiger partial charge is 0.433 e. The Bertz CT molecular complexity index is 376. The van der Waals surface area contributed by atoms with Crippen LogP contribution in [-0.4, -0.2) is 4.98 Å². The van der Waals surface area contributed by atoms with Gasteiger partial charge >= 0.3 is 6.18 Å². The van der Waals surface area contributed by atoms with Crippen molar-refractivity contribution < 1.29 is 22.0 Å². The van der Waals surface area contributed by atoms with Gasteiger partial charge in [-0.1, -0.05) is 0 Å². The maximum Gasteiger partial charge on any atom is 0.433 e. The number of hydrogen-bond donors (Lipinski definition) is 1. The van der Waals surface area contributed by atoms with Crippen LogP contribution in [0.2, 0.25) is 0 Å². The van der Waals surface area contributed by atoms with Gasteiger partial charge in [0.05, 0.1) is 4.47 Å². The van der Waals surface area contributed by atoms with Crippen LogP contribution in [0.5, 0.6) is 0 Å². The van der Waals surface area contributed by atoms with E-state index in [4.69, 9.17) is 5.73 Å². The molecule has 0 atom stereocenters. The molecular formula is C7H4BrF5N2. The van der Waals surface area contributed by atoms with E-state index in [1.807, 2.05) is 0 Å². The molecule has 0 aliphatic heterocycles. The number of anilines is 1. The van der Waals surface area contributed by atoms with Gasteiger partial charge in [0, 0.05) is 5.56 Å². The number of alkyl halides is 5. The average molecular weight is 291 g/mol. The molecule has 1 heterocycles. The summed E-state index contributed by atoms with van der Waals surface area (Å²) >= 11 is 2.65. The highest BCUT2D eigenvalue weighted by Gasteiger charge is 2.34. The van der Waals surface area contributed by atoms with Gasteiger partial charge in [0.15, 0.2) is 0 Å². The number of nitrogens with zero attached hydrogens (tertiary/aromatic N) is 1. The molecule has 0 fully saturated rings.